The van der Waals surface area contributed by atoms with Crippen LogP contribution in [-0.4, -0.2) is 19.7 Å². The lowest BCUT2D eigenvalue weighted by molar-refractivity contribution is -0.154. The average Bonchev–Trinajstić information content (AvgIpc) is 2.30. The minimum absolute atomic E-state index is 0.281. The van der Waals surface area contributed by atoms with Crippen LogP contribution < -0.4 is 0 Å². The minimum Gasteiger partial charge on any atom is -0.469 e. The molecule has 17 heavy (non-hydrogen) atoms. The van der Waals surface area contributed by atoms with Gasteiger partial charge in [0.15, 0.2) is 0 Å². The standard InChI is InChI=1S/C13H17ClO3/c1-13(2,12(15)16-3)9-17-8-10-6-4-5-7-11(10)14/h4-7H,8-9H2,1-3H3. The number of hydrogen-bond acceptors (Lipinski definition) is 3. The minimum atomic E-state index is -0.643. The van der Waals surface area contributed by atoms with E-state index in [4.69, 9.17) is 21.1 Å². The van der Waals surface area contributed by atoms with Gasteiger partial charge in [0.2, 0.25) is 0 Å². The molecule has 0 aromatic heterocycles. The highest BCUT2D eigenvalue weighted by molar-refractivity contribution is 6.31. The van der Waals surface area contributed by atoms with Gasteiger partial charge >= 0.3 is 5.97 Å². The molecule has 1 aromatic rings. The van der Waals surface area contributed by atoms with Crippen molar-refractivity contribution in [1.82, 2.24) is 0 Å². The van der Waals surface area contributed by atoms with Crippen molar-refractivity contribution in [2.75, 3.05) is 13.7 Å². The van der Waals surface area contributed by atoms with E-state index in [2.05, 4.69) is 0 Å². The molecule has 0 unspecified atom stereocenters. The molecule has 0 aliphatic carbocycles. The van der Waals surface area contributed by atoms with E-state index in [1.165, 1.54) is 7.11 Å². The van der Waals surface area contributed by atoms with E-state index in [1.807, 2.05) is 24.3 Å². The molecule has 1 rings (SSSR count). The highest BCUT2D eigenvalue weighted by atomic mass is 35.5. The van der Waals surface area contributed by atoms with Gasteiger partial charge in [0.25, 0.3) is 0 Å². The van der Waals surface area contributed by atoms with Crippen LogP contribution in [0.25, 0.3) is 0 Å². The monoisotopic (exact) mass is 256 g/mol. The van der Waals surface area contributed by atoms with Crippen molar-refractivity contribution >= 4 is 17.6 Å². The fourth-order valence-electron chi connectivity index (χ4n) is 1.37. The third kappa shape index (κ3) is 4.02. The van der Waals surface area contributed by atoms with Gasteiger partial charge in [0.05, 0.1) is 25.7 Å². The van der Waals surface area contributed by atoms with Crippen molar-refractivity contribution in [2.24, 2.45) is 5.41 Å². The quantitative estimate of drug-likeness (QED) is 0.760. The summed E-state index contributed by atoms with van der Waals surface area (Å²) in [6.45, 7) is 4.25. The molecule has 0 aliphatic rings. The molecule has 0 heterocycles. The van der Waals surface area contributed by atoms with Crippen molar-refractivity contribution in [1.29, 1.82) is 0 Å². The molecule has 3 nitrogen and oxygen atoms in total. The topological polar surface area (TPSA) is 35.5 Å². The molecular formula is C13H17ClO3. The molecule has 0 amide bonds. The molecule has 0 saturated heterocycles. The van der Waals surface area contributed by atoms with Crippen LogP contribution in [0.2, 0.25) is 5.02 Å². The van der Waals surface area contributed by atoms with Gasteiger partial charge in [-0.1, -0.05) is 29.8 Å². The lowest BCUT2D eigenvalue weighted by Crippen LogP contribution is -2.30. The molecule has 0 saturated carbocycles. The van der Waals surface area contributed by atoms with E-state index < -0.39 is 5.41 Å². The highest BCUT2D eigenvalue weighted by Crippen LogP contribution is 2.20. The largest absolute Gasteiger partial charge is 0.469 e. The molecule has 1 aromatic carbocycles. The Balaban J connectivity index is 2.48. The number of rotatable bonds is 5. The van der Waals surface area contributed by atoms with E-state index in [1.54, 1.807) is 13.8 Å². The summed E-state index contributed by atoms with van der Waals surface area (Å²) in [5.74, 6) is -0.281. The zero-order valence-corrected chi connectivity index (χ0v) is 11.1. The fraction of sp³-hybridized carbons (Fsp3) is 0.462. The number of carbonyl (C=O) groups is 1. The van der Waals surface area contributed by atoms with Crippen molar-refractivity contribution in [2.45, 2.75) is 20.5 Å². The Morgan fingerprint density at radius 3 is 2.59 bits per heavy atom. The first kappa shape index (κ1) is 14.0. The Labute approximate surface area is 107 Å². The van der Waals surface area contributed by atoms with E-state index >= 15 is 0 Å². The van der Waals surface area contributed by atoms with E-state index in [-0.39, 0.29) is 5.97 Å². The Morgan fingerprint density at radius 2 is 2.00 bits per heavy atom. The van der Waals surface area contributed by atoms with Crippen LogP contribution in [0.4, 0.5) is 0 Å². The van der Waals surface area contributed by atoms with Crippen LogP contribution in [0.15, 0.2) is 24.3 Å². The zero-order valence-electron chi connectivity index (χ0n) is 10.3. The van der Waals surface area contributed by atoms with E-state index in [0.717, 1.165) is 5.56 Å². The Bertz CT molecular complexity index is 388. The second kappa shape index (κ2) is 6.03. The van der Waals surface area contributed by atoms with Crippen molar-refractivity contribution in [3.63, 3.8) is 0 Å². The average molecular weight is 257 g/mol. The van der Waals surface area contributed by atoms with Crippen LogP contribution in [0.5, 0.6) is 0 Å². The second-order valence-electron chi connectivity index (χ2n) is 4.46. The van der Waals surface area contributed by atoms with Crippen LogP contribution in [-0.2, 0) is 20.9 Å². The Hall–Kier alpha value is -1.06. The predicted octanol–water partition coefficient (Wildman–Crippen LogP) is 3.06. The Morgan fingerprint density at radius 1 is 1.35 bits per heavy atom. The van der Waals surface area contributed by atoms with Gasteiger partial charge in [-0.3, -0.25) is 4.79 Å². The van der Waals surface area contributed by atoms with Gasteiger partial charge < -0.3 is 9.47 Å². The molecule has 0 N–H and O–H groups in total. The van der Waals surface area contributed by atoms with E-state index in [0.29, 0.717) is 18.2 Å². The summed E-state index contributed by atoms with van der Waals surface area (Å²) in [6.07, 6.45) is 0. The molecule has 0 spiro atoms. The van der Waals surface area contributed by atoms with Gasteiger partial charge in [-0.2, -0.15) is 0 Å². The number of methoxy groups -OCH3 is 1. The second-order valence-corrected chi connectivity index (χ2v) is 4.87. The van der Waals surface area contributed by atoms with Crippen molar-refractivity contribution < 1.29 is 14.3 Å². The lowest BCUT2D eigenvalue weighted by Gasteiger charge is -2.21. The van der Waals surface area contributed by atoms with Gasteiger partial charge in [0, 0.05) is 5.02 Å². The molecule has 0 fully saturated rings. The first-order valence-corrected chi connectivity index (χ1v) is 5.75. The third-order valence-corrected chi connectivity index (χ3v) is 2.79. The molecule has 0 radical (unpaired) electrons. The molecule has 0 bridgehead atoms. The smallest absolute Gasteiger partial charge is 0.313 e. The summed E-state index contributed by atoms with van der Waals surface area (Å²) in [6, 6.07) is 7.47. The molecule has 94 valence electrons. The van der Waals surface area contributed by atoms with Gasteiger partial charge in [-0.25, -0.2) is 0 Å². The summed E-state index contributed by atoms with van der Waals surface area (Å²) in [5.41, 5.74) is 0.269. The van der Waals surface area contributed by atoms with Gasteiger partial charge in [0.1, 0.15) is 0 Å². The molecule has 0 atom stereocenters. The highest BCUT2D eigenvalue weighted by Gasteiger charge is 2.28. The van der Waals surface area contributed by atoms with Gasteiger partial charge in [-0.15, -0.1) is 0 Å². The maximum atomic E-state index is 11.4. The number of esters is 1. The lowest BCUT2D eigenvalue weighted by atomic mass is 9.95. The maximum Gasteiger partial charge on any atom is 0.313 e. The predicted molar refractivity (Wildman–Crippen MR) is 66.9 cm³/mol. The molecule has 0 aliphatic heterocycles. The van der Waals surface area contributed by atoms with Crippen molar-refractivity contribution in [3.8, 4) is 0 Å². The molecule has 4 heteroatoms. The zero-order chi connectivity index (χ0) is 12.9. The van der Waals surface area contributed by atoms with Crippen LogP contribution in [0, 0.1) is 5.41 Å². The normalized spacial score (nSPS) is 11.3. The van der Waals surface area contributed by atoms with Crippen LogP contribution in [0.3, 0.4) is 0 Å². The SMILES string of the molecule is COC(=O)C(C)(C)COCc1ccccc1Cl. The number of benzene rings is 1. The Kier molecular flexibility index (Phi) is 4.97. The summed E-state index contributed by atoms with van der Waals surface area (Å²) in [4.78, 5) is 11.4. The number of carbonyl (C=O) groups excluding carboxylic acids is 1. The number of halogens is 1. The molecular weight excluding hydrogens is 240 g/mol. The first-order valence-electron chi connectivity index (χ1n) is 5.37. The summed E-state index contributed by atoms with van der Waals surface area (Å²) < 4.78 is 10.2. The number of ether oxygens (including phenoxy) is 2. The third-order valence-electron chi connectivity index (χ3n) is 2.42. The summed E-state index contributed by atoms with van der Waals surface area (Å²) in [5, 5.41) is 0.670. The van der Waals surface area contributed by atoms with Crippen molar-refractivity contribution in [3.05, 3.63) is 34.9 Å². The number of hydrogen-bond donors (Lipinski definition) is 0. The summed E-state index contributed by atoms with van der Waals surface area (Å²) in [7, 11) is 1.37. The van der Waals surface area contributed by atoms with Crippen LogP contribution in [0.1, 0.15) is 19.4 Å². The van der Waals surface area contributed by atoms with E-state index in [9.17, 15) is 4.79 Å². The van der Waals surface area contributed by atoms with Crippen LogP contribution >= 0.6 is 11.6 Å². The van der Waals surface area contributed by atoms with Gasteiger partial charge in [-0.05, 0) is 25.5 Å². The maximum absolute atomic E-state index is 11.4. The first-order chi connectivity index (χ1) is 7.97. The summed E-state index contributed by atoms with van der Waals surface area (Å²) >= 11 is 5.99. The fourth-order valence-corrected chi connectivity index (χ4v) is 1.56.